The number of hydrogen-bond acceptors (Lipinski definition) is 1. The van der Waals surface area contributed by atoms with E-state index in [1.54, 1.807) is 0 Å². The number of benzene rings is 12. The van der Waals surface area contributed by atoms with Gasteiger partial charge in [0, 0.05) is 38.9 Å². The van der Waals surface area contributed by atoms with E-state index in [4.69, 9.17) is 0 Å². The van der Waals surface area contributed by atoms with Gasteiger partial charge in [-0.15, -0.1) is 0 Å². The lowest BCUT2D eigenvalue weighted by atomic mass is 9.94. The largest absolute Gasteiger partial charge is 0.310 e. The highest BCUT2D eigenvalue weighted by Gasteiger charge is 2.21. The van der Waals surface area contributed by atoms with Crippen LogP contribution in [0, 0.1) is 0 Å². The predicted octanol–water partition coefficient (Wildman–Crippen LogP) is 17.9. The van der Waals surface area contributed by atoms with Crippen LogP contribution < -0.4 is 4.90 Å². The Kier molecular flexibility index (Phi) is 8.89. The first-order valence-electron chi connectivity index (χ1n) is 22.7. The summed E-state index contributed by atoms with van der Waals surface area (Å²) >= 11 is 0. The van der Waals surface area contributed by atoms with E-state index in [0.717, 1.165) is 28.3 Å². The molecule has 0 aliphatic rings. The molecule has 0 amide bonds. The second-order valence-corrected chi connectivity index (χ2v) is 17.3. The van der Waals surface area contributed by atoms with Gasteiger partial charge >= 0.3 is 0 Å². The lowest BCUT2D eigenvalue weighted by Gasteiger charge is -2.26. The van der Waals surface area contributed by atoms with Crippen molar-refractivity contribution in [3.8, 4) is 39.1 Å². The maximum atomic E-state index is 2.45. The van der Waals surface area contributed by atoms with Crippen LogP contribution in [0.15, 0.2) is 255 Å². The van der Waals surface area contributed by atoms with Gasteiger partial charge in [-0.25, -0.2) is 0 Å². The van der Waals surface area contributed by atoms with Crippen LogP contribution >= 0.6 is 0 Å². The van der Waals surface area contributed by atoms with Crippen LogP contribution in [0.4, 0.5) is 17.1 Å². The average Bonchev–Trinajstić information content (AvgIpc) is 3.74. The molecule has 0 unspecified atom stereocenters. The summed E-state index contributed by atoms with van der Waals surface area (Å²) in [6.07, 6.45) is 0. The van der Waals surface area contributed by atoms with Crippen molar-refractivity contribution in [2.24, 2.45) is 0 Å². The molecule has 12 aromatic carbocycles. The minimum absolute atomic E-state index is 1.09. The Morgan fingerprint density at radius 2 is 0.833 bits per heavy atom. The fourth-order valence-electron chi connectivity index (χ4n) is 10.4. The molecular formula is C64H42N2. The number of rotatable bonds is 7. The Morgan fingerprint density at radius 3 is 1.62 bits per heavy atom. The highest BCUT2D eigenvalue weighted by molar-refractivity contribution is 6.24. The van der Waals surface area contributed by atoms with Crippen LogP contribution in [-0.2, 0) is 0 Å². The van der Waals surface area contributed by atoms with Crippen molar-refractivity contribution in [2.45, 2.75) is 0 Å². The van der Waals surface area contributed by atoms with E-state index in [2.05, 4.69) is 264 Å². The molecule has 0 fully saturated rings. The summed E-state index contributed by atoms with van der Waals surface area (Å²) in [5.74, 6) is 0. The summed E-state index contributed by atoms with van der Waals surface area (Å²) in [7, 11) is 0. The quantitative estimate of drug-likeness (QED) is 0.145. The summed E-state index contributed by atoms with van der Waals surface area (Å²) in [5.41, 5.74) is 14.0. The van der Waals surface area contributed by atoms with Crippen molar-refractivity contribution in [3.05, 3.63) is 255 Å². The van der Waals surface area contributed by atoms with Gasteiger partial charge in [0.2, 0.25) is 0 Å². The summed E-state index contributed by atoms with van der Waals surface area (Å²) in [5, 5.41) is 12.5. The van der Waals surface area contributed by atoms with Crippen LogP contribution in [0.3, 0.4) is 0 Å². The molecule has 2 heteroatoms. The summed E-state index contributed by atoms with van der Waals surface area (Å²) in [4.78, 5) is 2.40. The van der Waals surface area contributed by atoms with E-state index in [0.29, 0.717) is 0 Å². The van der Waals surface area contributed by atoms with Gasteiger partial charge in [0.1, 0.15) is 0 Å². The number of aromatic nitrogens is 1. The highest BCUT2D eigenvalue weighted by atomic mass is 15.1. The minimum Gasteiger partial charge on any atom is -0.310 e. The van der Waals surface area contributed by atoms with E-state index >= 15 is 0 Å². The molecule has 308 valence electrons. The van der Waals surface area contributed by atoms with E-state index in [-0.39, 0.29) is 0 Å². The maximum Gasteiger partial charge on any atom is 0.0625 e. The molecule has 0 atom stereocenters. The molecule has 66 heavy (non-hydrogen) atoms. The highest BCUT2D eigenvalue weighted by Crippen LogP contribution is 2.45. The van der Waals surface area contributed by atoms with Crippen LogP contribution in [0.1, 0.15) is 0 Å². The first kappa shape index (κ1) is 37.8. The molecule has 1 heterocycles. The monoisotopic (exact) mass is 838 g/mol. The number of para-hydroxylation sites is 2. The predicted molar refractivity (Wildman–Crippen MR) is 282 cm³/mol. The summed E-state index contributed by atoms with van der Waals surface area (Å²) < 4.78 is 2.45. The smallest absolute Gasteiger partial charge is 0.0625 e. The Bertz CT molecular complexity index is 3970. The zero-order valence-electron chi connectivity index (χ0n) is 36.1. The van der Waals surface area contributed by atoms with E-state index in [1.807, 2.05) is 0 Å². The number of nitrogens with zero attached hydrogens (tertiary/aromatic N) is 2. The van der Waals surface area contributed by atoms with Gasteiger partial charge in [0.25, 0.3) is 0 Å². The third-order valence-corrected chi connectivity index (χ3v) is 13.5. The Labute approximate surface area is 383 Å². The van der Waals surface area contributed by atoms with Crippen molar-refractivity contribution in [1.29, 1.82) is 0 Å². The zero-order valence-corrected chi connectivity index (χ0v) is 36.1. The first-order valence-corrected chi connectivity index (χ1v) is 22.7. The van der Waals surface area contributed by atoms with E-state index in [9.17, 15) is 0 Å². The minimum atomic E-state index is 1.09. The SMILES string of the molecule is c1ccc(-n2c3ccccc3c3c(-c4cccc(N(c5ccc(-c6ccc7c(ccc8ccccc87)c6)cc5)c5ccc(-c6cccc7ccccc67)cc5)c4)cc4ccccc4c32)cc1. The van der Waals surface area contributed by atoms with Gasteiger partial charge in [-0.05, 0) is 138 Å². The van der Waals surface area contributed by atoms with Crippen molar-refractivity contribution < 1.29 is 0 Å². The van der Waals surface area contributed by atoms with Crippen molar-refractivity contribution in [3.63, 3.8) is 0 Å². The van der Waals surface area contributed by atoms with Gasteiger partial charge in [-0.3, -0.25) is 0 Å². The number of anilines is 3. The molecule has 2 nitrogen and oxygen atoms in total. The third-order valence-electron chi connectivity index (χ3n) is 13.5. The standard InChI is InChI=1S/C64H42N2/c1-2-19-51(20-3-1)66-62-27-11-10-25-60(62)63-61(42-49-16-6-9-24-59(49)64(63)66)48-18-12-21-54(41-48)65(53-37-32-46(33-38-53)57-26-13-17-44-14-4-7-22-55(44)57)52-35-30-43(31-36-52)47-34-39-58-50(40-47)29-28-45-15-5-8-23-56(45)58/h1-42H. The van der Waals surface area contributed by atoms with Crippen molar-refractivity contribution >= 4 is 82.0 Å². The second-order valence-electron chi connectivity index (χ2n) is 17.3. The topological polar surface area (TPSA) is 8.17 Å². The fourth-order valence-corrected chi connectivity index (χ4v) is 10.4. The van der Waals surface area contributed by atoms with Gasteiger partial charge in [-0.1, -0.05) is 188 Å². The van der Waals surface area contributed by atoms with Crippen LogP contribution in [0.2, 0.25) is 0 Å². The van der Waals surface area contributed by atoms with Gasteiger partial charge < -0.3 is 9.47 Å². The third kappa shape index (κ3) is 6.26. The Hall–Kier alpha value is -8.72. The Morgan fingerprint density at radius 1 is 0.273 bits per heavy atom. The normalized spacial score (nSPS) is 11.6. The van der Waals surface area contributed by atoms with Crippen LogP contribution in [0.25, 0.3) is 104 Å². The maximum absolute atomic E-state index is 2.45. The second kappa shape index (κ2) is 15.5. The Balaban J connectivity index is 0.973. The molecule has 0 radical (unpaired) electrons. The molecule has 0 N–H and O–H groups in total. The van der Waals surface area contributed by atoms with Gasteiger partial charge in [-0.2, -0.15) is 0 Å². The van der Waals surface area contributed by atoms with Crippen molar-refractivity contribution in [1.82, 2.24) is 4.57 Å². The molecule has 13 aromatic rings. The molecule has 13 rings (SSSR count). The molecule has 0 spiro atoms. The lowest BCUT2D eigenvalue weighted by molar-refractivity contribution is 1.19. The average molecular weight is 839 g/mol. The van der Waals surface area contributed by atoms with Gasteiger partial charge in [0.05, 0.1) is 11.0 Å². The lowest BCUT2D eigenvalue weighted by Crippen LogP contribution is -2.10. The number of fused-ring (bicyclic) bond motifs is 9. The van der Waals surface area contributed by atoms with Crippen LogP contribution in [-0.4, -0.2) is 4.57 Å². The van der Waals surface area contributed by atoms with Crippen molar-refractivity contribution in [2.75, 3.05) is 4.90 Å². The molecule has 0 bridgehead atoms. The first-order chi connectivity index (χ1) is 32.7. The zero-order chi connectivity index (χ0) is 43.6. The molecule has 0 saturated carbocycles. The van der Waals surface area contributed by atoms with Gasteiger partial charge in [0.15, 0.2) is 0 Å². The van der Waals surface area contributed by atoms with Crippen LogP contribution in [0.5, 0.6) is 0 Å². The summed E-state index contributed by atoms with van der Waals surface area (Å²) in [6.45, 7) is 0. The molecular weight excluding hydrogens is 797 g/mol. The van der Waals surface area contributed by atoms with E-state index < -0.39 is 0 Å². The molecule has 0 saturated heterocycles. The summed E-state index contributed by atoms with van der Waals surface area (Å²) in [6, 6.07) is 93.3. The molecule has 1 aromatic heterocycles. The fraction of sp³-hybridized carbons (Fsp3) is 0. The number of hydrogen-bond donors (Lipinski definition) is 0. The molecule has 0 aliphatic carbocycles. The van der Waals surface area contributed by atoms with E-state index in [1.165, 1.54) is 92.7 Å². The molecule has 0 aliphatic heterocycles.